The van der Waals surface area contributed by atoms with Gasteiger partial charge in [0.1, 0.15) is 19.0 Å². The van der Waals surface area contributed by atoms with Crippen molar-refractivity contribution in [1.29, 1.82) is 0 Å². The molecule has 1 aromatic heterocycles. The zero-order valence-electron chi connectivity index (χ0n) is 11.5. The van der Waals surface area contributed by atoms with Crippen LogP contribution in [0.3, 0.4) is 0 Å². The van der Waals surface area contributed by atoms with Crippen LogP contribution in [0, 0.1) is 0 Å². The second-order valence-corrected chi connectivity index (χ2v) is 4.58. The average Bonchev–Trinajstić information content (AvgIpc) is 2.43. The van der Waals surface area contributed by atoms with E-state index in [4.69, 9.17) is 14.2 Å². The van der Waals surface area contributed by atoms with Gasteiger partial charge in [0.05, 0.1) is 18.8 Å². The van der Waals surface area contributed by atoms with Crippen LogP contribution < -0.4 is 14.8 Å². The van der Waals surface area contributed by atoms with Crippen molar-refractivity contribution < 1.29 is 14.2 Å². The topological polar surface area (TPSA) is 65.5 Å². The molecule has 2 rings (SSSR count). The van der Waals surface area contributed by atoms with Crippen LogP contribution in [0.5, 0.6) is 11.8 Å². The fourth-order valence-corrected chi connectivity index (χ4v) is 1.84. The molecule has 0 bridgehead atoms. The lowest BCUT2D eigenvalue weighted by molar-refractivity contribution is -0.0477. The zero-order chi connectivity index (χ0) is 13.5. The molecule has 0 aromatic carbocycles. The fraction of sp³-hybridized carbons (Fsp3) is 0.692. The van der Waals surface area contributed by atoms with Gasteiger partial charge in [0, 0.05) is 13.1 Å². The normalized spacial score (nSPS) is 23.1. The number of hydrogen-bond acceptors (Lipinski definition) is 6. The Bertz CT molecular complexity index is 389. The van der Waals surface area contributed by atoms with E-state index in [-0.39, 0.29) is 12.2 Å². The second kappa shape index (κ2) is 7.25. The van der Waals surface area contributed by atoms with Crippen LogP contribution in [0.25, 0.3) is 0 Å². The van der Waals surface area contributed by atoms with Gasteiger partial charge in [-0.15, -0.1) is 0 Å². The predicted octanol–water partition coefficient (Wildman–Crippen LogP) is 1.02. The van der Waals surface area contributed by atoms with Gasteiger partial charge in [-0.05, 0) is 13.3 Å². The molecule has 19 heavy (non-hydrogen) atoms. The molecule has 2 atom stereocenters. The Hall–Kier alpha value is -1.40. The third-order valence-corrected chi connectivity index (χ3v) is 2.72. The lowest BCUT2D eigenvalue weighted by Crippen LogP contribution is -2.45. The van der Waals surface area contributed by atoms with Gasteiger partial charge in [-0.2, -0.15) is 0 Å². The van der Waals surface area contributed by atoms with Crippen LogP contribution in [0.4, 0.5) is 0 Å². The van der Waals surface area contributed by atoms with Crippen molar-refractivity contribution in [3.05, 3.63) is 12.4 Å². The Morgan fingerprint density at radius 1 is 1.32 bits per heavy atom. The lowest BCUT2D eigenvalue weighted by Gasteiger charge is -2.28. The van der Waals surface area contributed by atoms with Crippen molar-refractivity contribution in [3.63, 3.8) is 0 Å². The van der Waals surface area contributed by atoms with Gasteiger partial charge in [0.2, 0.25) is 11.8 Å². The summed E-state index contributed by atoms with van der Waals surface area (Å²) in [5.41, 5.74) is 0. The van der Waals surface area contributed by atoms with Crippen LogP contribution >= 0.6 is 0 Å². The summed E-state index contributed by atoms with van der Waals surface area (Å²) in [5.74, 6) is 1.06. The molecule has 1 aromatic rings. The van der Waals surface area contributed by atoms with Crippen molar-refractivity contribution in [2.75, 3.05) is 26.3 Å². The van der Waals surface area contributed by atoms with E-state index in [1.165, 1.54) is 6.33 Å². The van der Waals surface area contributed by atoms with Gasteiger partial charge in [0.15, 0.2) is 0 Å². The number of rotatable bonds is 6. The Kier molecular flexibility index (Phi) is 5.35. The van der Waals surface area contributed by atoms with Crippen molar-refractivity contribution >= 4 is 0 Å². The van der Waals surface area contributed by atoms with Gasteiger partial charge in [-0.3, -0.25) is 0 Å². The van der Waals surface area contributed by atoms with E-state index < -0.39 is 0 Å². The van der Waals surface area contributed by atoms with E-state index in [0.717, 1.165) is 19.5 Å². The quantitative estimate of drug-likeness (QED) is 0.830. The van der Waals surface area contributed by atoms with Gasteiger partial charge in [-0.25, -0.2) is 9.97 Å². The van der Waals surface area contributed by atoms with Gasteiger partial charge in [-0.1, -0.05) is 6.92 Å². The molecule has 1 saturated heterocycles. The first-order valence-electron chi connectivity index (χ1n) is 6.71. The molecule has 1 aliphatic heterocycles. The average molecular weight is 267 g/mol. The predicted molar refractivity (Wildman–Crippen MR) is 70.5 cm³/mol. The van der Waals surface area contributed by atoms with E-state index in [0.29, 0.717) is 25.0 Å². The van der Waals surface area contributed by atoms with E-state index >= 15 is 0 Å². The molecule has 0 amide bonds. The molecule has 0 radical (unpaired) electrons. The van der Waals surface area contributed by atoms with Crippen LogP contribution in [0.2, 0.25) is 0 Å². The molecule has 106 valence electrons. The summed E-state index contributed by atoms with van der Waals surface area (Å²) < 4.78 is 16.8. The van der Waals surface area contributed by atoms with E-state index in [2.05, 4.69) is 15.3 Å². The van der Waals surface area contributed by atoms with Crippen molar-refractivity contribution in [3.8, 4) is 11.8 Å². The molecule has 1 fully saturated rings. The highest BCUT2D eigenvalue weighted by molar-refractivity contribution is 5.18. The summed E-state index contributed by atoms with van der Waals surface area (Å²) in [6.45, 7) is 6.90. The Balaban J connectivity index is 1.81. The molecule has 0 aliphatic carbocycles. The standard InChI is InChI=1S/C13H21N3O3/c1-3-4-17-12-5-13(16-9-15-12)18-8-11-7-14-6-10(2)19-11/h5,9-11,14H,3-4,6-8H2,1-2H3. The Morgan fingerprint density at radius 3 is 2.84 bits per heavy atom. The number of morpholine rings is 1. The van der Waals surface area contributed by atoms with Gasteiger partial charge in [0.25, 0.3) is 0 Å². The summed E-state index contributed by atoms with van der Waals surface area (Å²) in [6.07, 6.45) is 2.66. The molecular weight excluding hydrogens is 246 g/mol. The maximum Gasteiger partial charge on any atom is 0.220 e. The highest BCUT2D eigenvalue weighted by Crippen LogP contribution is 2.14. The number of nitrogens with zero attached hydrogens (tertiary/aromatic N) is 2. The molecule has 0 spiro atoms. The largest absolute Gasteiger partial charge is 0.478 e. The van der Waals surface area contributed by atoms with E-state index in [9.17, 15) is 0 Å². The van der Waals surface area contributed by atoms with Crippen molar-refractivity contribution in [2.24, 2.45) is 0 Å². The Morgan fingerprint density at radius 2 is 2.11 bits per heavy atom. The zero-order valence-corrected chi connectivity index (χ0v) is 11.5. The van der Waals surface area contributed by atoms with Gasteiger partial charge >= 0.3 is 0 Å². The Labute approximate surface area is 113 Å². The molecule has 1 aliphatic rings. The van der Waals surface area contributed by atoms with Crippen LogP contribution in [0.1, 0.15) is 20.3 Å². The summed E-state index contributed by atoms with van der Waals surface area (Å²) in [4.78, 5) is 8.09. The molecule has 6 heteroatoms. The summed E-state index contributed by atoms with van der Waals surface area (Å²) in [7, 11) is 0. The first-order chi connectivity index (χ1) is 9.28. The van der Waals surface area contributed by atoms with E-state index in [1.54, 1.807) is 6.07 Å². The number of aromatic nitrogens is 2. The third-order valence-electron chi connectivity index (χ3n) is 2.72. The monoisotopic (exact) mass is 267 g/mol. The maximum atomic E-state index is 5.74. The third kappa shape index (κ3) is 4.65. The molecule has 6 nitrogen and oxygen atoms in total. The minimum atomic E-state index is 0.0544. The second-order valence-electron chi connectivity index (χ2n) is 4.58. The number of ether oxygens (including phenoxy) is 3. The van der Waals surface area contributed by atoms with Gasteiger partial charge < -0.3 is 19.5 Å². The van der Waals surface area contributed by atoms with Crippen molar-refractivity contribution in [2.45, 2.75) is 32.5 Å². The molecule has 2 heterocycles. The number of nitrogens with one attached hydrogen (secondary N) is 1. The SMILES string of the molecule is CCCOc1cc(OCC2CNCC(C)O2)ncn1. The molecule has 1 N–H and O–H groups in total. The summed E-state index contributed by atoms with van der Waals surface area (Å²) in [6, 6.07) is 1.70. The highest BCUT2D eigenvalue weighted by Gasteiger charge is 2.19. The smallest absolute Gasteiger partial charge is 0.220 e. The maximum absolute atomic E-state index is 5.74. The van der Waals surface area contributed by atoms with Crippen LogP contribution in [-0.4, -0.2) is 48.5 Å². The minimum absolute atomic E-state index is 0.0544. The first-order valence-corrected chi connectivity index (χ1v) is 6.71. The highest BCUT2D eigenvalue weighted by atomic mass is 16.5. The molecular formula is C13H21N3O3. The molecule has 0 saturated carbocycles. The van der Waals surface area contributed by atoms with Crippen molar-refractivity contribution in [1.82, 2.24) is 15.3 Å². The lowest BCUT2D eigenvalue weighted by atomic mass is 10.2. The summed E-state index contributed by atoms with van der Waals surface area (Å²) in [5, 5.41) is 3.30. The number of hydrogen-bond donors (Lipinski definition) is 1. The minimum Gasteiger partial charge on any atom is -0.478 e. The van der Waals surface area contributed by atoms with Crippen LogP contribution in [-0.2, 0) is 4.74 Å². The molecule has 2 unspecified atom stereocenters. The first kappa shape index (κ1) is 14.0. The van der Waals surface area contributed by atoms with E-state index in [1.807, 2.05) is 13.8 Å². The van der Waals surface area contributed by atoms with Crippen LogP contribution in [0.15, 0.2) is 12.4 Å². The summed E-state index contributed by atoms with van der Waals surface area (Å²) >= 11 is 0. The fourth-order valence-electron chi connectivity index (χ4n) is 1.84.